The second-order valence-electron chi connectivity index (χ2n) is 5.50. The number of hydrogen-bond acceptors (Lipinski definition) is 4. The highest BCUT2D eigenvalue weighted by molar-refractivity contribution is 6.30. The van der Waals surface area contributed by atoms with Gasteiger partial charge in [-0.15, -0.1) is 5.10 Å². The van der Waals surface area contributed by atoms with Crippen LogP contribution in [0.2, 0.25) is 5.15 Å². The Kier molecular flexibility index (Phi) is 3.58. The lowest BCUT2D eigenvalue weighted by molar-refractivity contribution is 0.544. The van der Waals surface area contributed by atoms with E-state index in [-0.39, 0.29) is 5.41 Å². The number of nitrogens with zero attached hydrogens (tertiary/aromatic N) is 5. The molecule has 5 nitrogen and oxygen atoms in total. The molecular weight excluding hydrogens is 262 g/mol. The minimum atomic E-state index is -0.156. The molecular formula is C13H18ClN5. The van der Waals surface area contributed by atoms with Crippen LogP contribution in [0.5, 0.6) is 0 Å². The summed E-state index contributed by atoms with van der Waals surface area (Å²) < 4.78 is 1.80. The van der Waals surface area contributed by atoms with Crippen LogP contribution < -0.4 is 0 Å². The zero-order valence-corrected chi connectivity index (χ0v) is 12.7. The largest absolute Gasteiger partial charge is 0.243 e. The van der Waals surface area contributed by atoms with Gasteiger partial charge in [-0.3, -0.25) is 0 Å². The number of rotatable bonds is 2. The molecule has 2 rings (SSSR count). The average molecular weight is 280 g/mol. The highest BCUT2D eigenvalue weighted by atomic mass is 35.5. The summed E-state index contributed by atoms with van der Waals surface area (Å²) in [5.74, 6) is 0.724. The second-order valence-corrected chi connectivity index (χ2v) is 5.85. The summed E-state index contributed by atoms with van der Waals surface area (Å²) in [5, 5.41) is 8.46. The fourth-order valence-electron chi connectivity index (χ4n) is 1.75. The Balaban J connectivity index is 2.66. The van der Waals surface area contributed by atoms with E-state index in [1.54, 1.807) is 10.9 Å². The van der Waals surface area contributed by atoms with Crippen LogP contribution in [0, 0.1) is 6.92 Å². The summed E-state index contributed by atoms with van der Waals surface area (Å²) in [6, 6.07) is 0. The van der Waals surface area contributed by atoms with Gasteiger partial charge < -0.3 is 0 Å². The van der Waals surface area contributed by atoms with Crippen LogP contribution in [-0.2, 0) is 12.0 Å². The summed E-state index contributed by atoms with van der Waals surface area (Å²) >= 11 is 6.24. The maximum absolute atomic E-state index is 6.24. The second kappa shape index (κ2) is 4.89. The van der Waals surface area contributed by atoms with Crippen LogP contribution in [0.1, 0.15) is 39.1 Å². The van der Waals surface area contributed by atoms with Gasteiger partial charge in [0.1, 0.15) is 16.7 Å². The highest BCUT2D eigenvalue weighted by Gasteiger charge is 2.22. The Labute approximate surface area is 118 Å². The lowest BCUT2D eigenvalue weighted by atomic mass is 9.95. The first kappa shape index (κ1) is 13.9. The van der Waals surface area contributed by atoms with Crippen molar-refractivity contribution in [3.05, 3.63) is 22.7 Å². The Morgan fingerprint density at radius 1 is 1.26 bits per heavy atom. The van der Waals surface area contributed by atoms with E-state index >= 15 is 0 Å². The number of aryl methyl sites for hydroxylation is 1. The fraction of sp³-hybridized carbons (Fsp3) is 0.538. The van der Waals surface area contributed by atoms with E-state index in [4.69, 9.17) is 11.6 Å². The van der Waals surface area contributed by atoms with Crippen LogP contribution in [0.3, 0.4) is 0 Å². The molecule has 0 N–H and O–H groups in total. The summed E-state index contributed by atoms with van der Waals surface area (Å²) in [4.78, 5) is 9.03. The SMILES string of the molecule is CCn1nncc1-c1nc(C(C)(C)C)nc(Cl)c1C. The summed E-state index contributed by atoms with van der Waals surface area (Å²) in [7, 11) is 0. The third kappa shape index (κ3) is 2.61. The van der Waals surface area contributed by atoms with E-state index in [1.807, 2.05) is 13.8 Å². The first-order valence-electron chi connectivity index (χ1n) is 6.28. The van der Waals surface area contributed by atoms with Crippen molar-refractivity contribution in [1.29, 1.82) is 0 Å². The average Bonchev–Trinajstić information content (AvgIpc) is 2.79. The zero-order chi connectivity index (χ0) is 14.2. The molecule has 0 unspecified atom stereocenters. The first-order valence-corrected chi connectivity index (χ1v) is 6.66. The molecule has 2 aromatic rings. The lowest BCUT2D eigenvalue weighted by Crippen LogP contribution is -2.17. The summed E-state index contributed by atoms with van der Waals surface area (Å²) in [5.41, 5.74) is 2.37. The van der Waals surface area contributed by atoms with Crippen molar-refractivity contribution in [3.63, 3.8) is 0 Å². The van der Waals surface area contributed by atoms with Gasteiger partial charge in [0.15, 0.2) is 0 Å². The molecule has 0 saturated heterocycles. The van der Waals surface area contributed by atoms with Gasteiger partial charge >= 0.3 is 0 Å². The fourth-order valence-corrected chi connectivity index (χ4v) is 1.92. The van der Waals surface area contributed by atoms with Crippen molar-refractivity contribution in [3.8, 4) is 11.4 Å². The molecule has 0 bridgehead atoms. The molecule has 0 saturated carbocycles. The van der Waals surface area contributed by atoms with Crippen molar-refractivity contribution in [2.24, 2.45) is 0 Å². The highest BCUT2D eigenvalue weighted by Crippen LogP contribution is 2.28. The van der Waals surface area contributed by atoms with E-state index in [9.17, 15) is 0 Å². The van der Waals surface area contributed by atoms with Crippen LogP contribution in [0.25, 0.3) is 11.4 Å². The summed E-state index contributed by atoms with van der Waals surface area (Å²) in [6.45, 7) is 10.9. The molecule has 2 heterocycles. The van der Waals surface area contributed by atoms with Gasteiger partial charge in [0.05, 0.1) is 11.9 Å². The third-order valence-electron chi connectivity index (χ3n) is 2.92. The monoisotopic (exact) mass is 279 g/mol. The Morgan fingerprint density at radius 2 is 1.95 bits per heavy atom. The Morgan fingerprint density at radius 3 is 2.53 bits per heavy atom. The molecule has 0 radical (unpaired) electrons. The van der Waals surface area contributed by atoms with Crippen LogP contribution in [-0.4, -0.2) is 25.0 Å². The number of halogens is 1. The molecule has 0 aliphatic rings. The molecule has 0 aliphatic carbocycles. The van der Waals surface area contributed by atoms with E-state index in [1.165, 1.54) is 0 Å². The number of aromatic nitrogens is 5. The summed E-state index contributed by atoms with van der Waals surface area (Å²) in [6.07, 6.45) is 1.71. The van der Waals surface area contributed by atoms with Gasteiger partial charge in [0, 0.05) is 17.5 Å². The predicted molar refractivity (Wildman–Crippen MR) is 75.2 cm³/mol. The van der Waals surface area contributed by atoms with Gasteiger partial charge in [0.2, 0.25) is 0 Å². The van der Waals surface area contributed by atoms with Gasteiger partial charge in [-0.1, -0.05) is 37.6 Å². The molecule has 0 fully saturated rings. The minimum absolute atomic E-state index is 0.156. The molecule has 102 valence electrons. The predicted octanol–water partition coefficient (Wildman–Crippen LogP) is 3.01. The van der Waals surface area contributed by atoms with Gasteiger partial charge in [0.25, 0.3) is 0 Å². The molecule has 19 heavy (non-hydrogen) atoms. The van der Waals surface area contributed by atoms with Crippen LogP contribution >= 0.6 is 11.6 Å². The quantitative estimate of drug-likeness (QED) is 0.793. The molecule has 0 aromatic carbocycles. The van der Waals surface area contributed by atoms with E-state index < -0.39 is 0 Å². The van der Waals surface area contributed by atoms with Crippen molar-refractivity contribution >= 4 is 11.6 Å². The van der Waals surface area contributed by atoms with Crippen LogP contribution in [0.15, 0.2) is 6.20 Å². The molecule has 2 aromatic heterocycles. The zero-order valence-electron chi connectivity index (χ0n) is 11.9. The van der Waals surface area contributed by atoms with Crippen molar-refractivity contribution in [2.75, 3.05) is 0 Å². The minimum Gasteiger partial charge on any atom is -0.243 e. The molecule has 6 heteroatoms. The van der Waals surface area contributed by atoms with E-state index in [2.05, 4.69) is 41.1 Å². The van der Waals surface area contributed by atoms with Crippen molar-refractivity contribution < 1.29 is 0 Å². The topological polar surface area (TPSA) is 56.5 Å². The van der Waals surface area contributed by atoms with Crippen LogP contribution in [0.4, 0.5) is 0 Å². The Hall–Kier alpha value is -1.49. The van der Waals surface area contributed by atoms with Crippen molar-refractivity contribution in [2.45, 2.75) is 46.6 Å². The third-order valence-corrected chi connectivity index (χ3v) is 3.29. The first-order chi connectivity index (χ1) is 8.84. The van der Waals surface area contributed by atoms with Gasteiger partial charge in [-0.25, -0.2) is 14.6 Å². The smallest absolute Gasteiger partial charge is 0.136 e. The Bertz CT molecular complexity index is 598. The maximum Gasteiger partial charge on any atom is 0.136 e. The molecule has 0 amide bonds. The normalized spacial score (nSPS) is 11.9. The van der Waals surface area contributed by atoms with E-state index in [0.29, 0.717) is 5.15 Å². The standard InChI is InChI=1S/C13H18ClN5/c1-6-19-9(7-15-18-19)10-8(2)11(14)17-12(16-10)13(3,4)5/h7H,6H2,1-5H3. The van der Waals surface area contributed by atoms with E-state index in [0.717, 1.165) is 29.3 Å². The molecule has 0 atom stereocenters. The van der Waals surface area contributed by atoms with Crippen molar-refractivity contribution in [1.82, 2.24) is 25.0 Å². The maximum atomic E-state index is 6.24. The number of hydrogen-bond donors (Lipinski definition) is 0. The lowest BCUT2D eigenvalue weighted by Gasteiger charge is -2.19. The molecule has 0 aliphatic heterocycles. The van der Waals surface area contributed by atoms with Gasteiger partial charge in [-0.2, -0.15) is 0 Å². The van der Waals surface area contributed by atoms with Gasteiger partial charge in [-0.05, 0) is 13.8 Å². The molecule has 0 spiro atoms.